The van der Waals surface area contributed by atoms with E-state index in [0.29, 0.717) is 36.0 Å². The van der Waals surface area contributed by atoms with Crippen molar-refractivity contribution in [3.63, 3.8) is 0 Å². The predicted molar refractivity (Wildman–Crippen MR) is 101 cm³/mol. The average molecular weight is 347 g/mol. The summed E-state index contributed by atoms with van der Waals surface area (Å²) in [7, 11) is 0. The Labute approximate surface area is 151 Å². The molecule has 2 N–H and O–H groups in total. The molecule has 1 amide bonds. The molecule has 5 nitrogen and oxygen atoms in total. The van der Waals surface area contributed by atoms with Crippen LogP contribution in [0.5, 0.6) is 0 Å². The third kappa shape index (κ3) is 3.38. The number of fused-ring (bicyclic) bond motifs is 2. The topological polar surface area (TPSA) is 74.8 Å². The Morgan fingerprint density at radius 2 is 1.96 bits per heavy atom. The third-order valence-corrected chi connectivity index (χ3v) is 4.95. The first kappa shape index (κ1) is 16.5. The first-order valence-corrected chi connectivity index (χ1v) is 9.06. The van der Waals surface area contributed by atoms with Gasteiger partial charge in [-0.1, -0.05) is 36.4 Å². The molecule has 2 aromatic carbocycles. The van der Waals surface area contributed by atoms with Gasteiger partial charge in [-0.25, -0.2) is 4.98 Å². The van der Waals surface area contributed by atoms with Crippen molar-refractivity contribution in [1.82, 2.24) is 15.3 Å². The third-order valence-electron chi connectivity index (χ3n) is 4.95. The van der Waals surface area contributed by atoms with Crippen molar-refractivity contribution in [2.45, 2.75) is 38.1 Å². The minimum absolute atomic E-state index is 0.0508. The summed E-state index contributed by atoms with van der Waals surface area (Å²) in [4.78, 5) is 31.6. The van der Waals surface area contributed by atoms with Gasteiger partial charge >= 0.3 is 0 Å². The molecular weight excluding hydrogens is 326 g/mol. The molecule has 0 spiro atoms. The van der Waals surface area contributed by atoms with E-state index >= 15 is 0 Å². The Morgan fingerprint density at radius 3 is 2.88 bits per heavy atom. The molecule has 3 aromatic rings. The number of amides is 1. The second-order valence-electron chi connectivity index (χ2n) is 6.74. The van der Waals surface area contributed by atoms with Gasteiger partial charge in [0.1, 0.15) is 5.82 Å². The number of nitrogens with one attached hydrogen (secondary N) is 2. The maximum Gasteiger partial charge on any atom is 0.258 e. The quantitative estimate of drug-likeness (QED) is 0.745. The van der Waals surface area contributed by atoms with Crippen molar-refractivity contribution in [2.75, 3.05) is 0 Å². The maximum absolute atomic E-state index is 12.3. The minimum atomic E-state index is -0.127. The SMILES string of the molecule is O=C(CCCc1nc2ccccc2c(=O)[nH]1)N[C@H]1CCc2ccccc21. The summed E-state index contributed by atoms with van der Waals surface area (Å²) >= 11 is 0. The van der Waals surface area contributed by atoms with Crippen LogP contribution in [0.3, 0.4) is 0 Å². The van der Waals surface area contributed by atoms with E-state index in [2.05, 4.69) is 27.4 Å². The molecule has 1 atom stereocenters. The van der Waals surface area contributed by atoms with Crippen molar-refractivity contribution >= 4 is 16.8 Å². The van der Waals surface area contributed by atoms with Gasteiger partial charge in [-0.15, -0.1) is 0 Å². The molecule has 0 bridgehead atoms. The summed E-state index contributed by atoms with van der Waals surface area (Å²) in [6, 6.07) is 15.7. The number of rotatable bonds is 5. The highest BCUT2D eigenvalue weighted by Crippen LogP contribution is 2.30. The van der Waals surface area contributed by atoms with Gasteiger partial charge in [0.2, 0.25) is 5.91 Å². The van der Waals surface area contributed by atoms with Gasteiger partial charge in [0.05, 0.1) is 16.9 Å². The number of nitrogens with zero attached hydrogens (tertiary/aromatic N) is 1. The highest BCUT2D eigenvalue weighted by molar-refractivity contribution is 5.77. The van der Waals surface area contributed by atoms with E-state index in [1.807, 2.05) is 30.3 Å². The summed E-state index contributed by atoms with van der Waals surface area (Å²) in [5, 5.41) is 3.72. The highest BCUT2D eigenvalue weighted by atomic mass is 16.1. The van der Waals surface area contributed by atoms with Crippen molar-refractivity contribution < 1.29 is 4.79 Å². The molecule has 0 saturated carbocycles. The number of benzene rings is 2. The number of aromatic nitrogens is 2. The molecule has 1 aliphatic rings. The van der Waals surface area contributed by atoms with E-state index < -0.39 is 0 Å². The zero-order chi connectivity index (χ0) is 17.9. The smallest absolute Gasteiger partial charge is 0.258 e. The predicted octanol–water partition coefficient (Wildman–Crippen LogP) is 3.05. The van der Waals surface area contributed by atoms with Gasteiger partial charge in [-0.3, -0.25) is 9.59 Å². The number of para-hydroxylation sites is 1. The standard InChI is InChI=1S/C21H21N3O2/c25-20(23-18-13-12-14-6-1-2-7-15(14)18)11-5-10-19-22-17-9-4-3-8-16(17)21(26)24-19/h1-4,6-9,18H,5,10-13H2,(H,23,25)(H,22,24,26)/t18-/m0/s1. The fraction of sp³-hybridized carbons (Fsp3) is 0.286. The van der Waals surface area contributed by atoms with Gasteiger partial charge in [0, 0.05) is 12.8 Å². The average Bonchev–Trinajstić information content (AvgIpc) is 3.05. The number of hydrogen-bond donors (Lipinski definition) is 2. The molecule has 5 heteroatoms. The molecular formula is C21H21N3O2. The van der Waals surface area contributed by atoms with Crippen LogP contribution in [0.25, 0.3) is 10.9 Å². The highest BCUT2D eigenvalue weighted by Gasteiger charge is 2.23. The monoisotopic (exact) mass is 347 g/mol. The Bertz CT molecular complexity index is 1010. The first-order chi connectivity index (χ1) is 12.7. The molecule has 1 aliphatic carbocycles. The van der Waals surface area contributed by atoms with E-state index in [1.54, 1.807) is 6.07 Å². The van der Waals surface area contributed by atoms with Gasteiger partial charge in [0.25, 0.3) is 5.56 Å². The summed E-state index contributed by atoms with van der Waals surface area (Å²) in [6.07, 6.45) is 3.64. The minimum Gasteiger partial charge on any atom is -0.349 e. The van der Waals surface area contributed by atoms with Gasteiger partial charge in [-0.05, 0) is 42.5 Å². The maximum atomic E-state index is 12.3. The van der Waals surface area contributed by atoms with E-state index in [0.717, 1.165) is 12.8 Å². The molecule has 0 aliphatic heterocycles. The summed E-state index contributed by atoms with van der Waals surface area (Å²) in [5.74, 6) is 0.683. The van der Waals surface area contributed by atoms with Crippen LogP contribution in [0.2, 0.25) is 0 Å². The second kappa shape index (κ2) is 7.12. The number of carbonyl (C=O) groups is 1. The largest absolute Gasteiger partial charge is 0.349 e. The van der Waals surface area contributed by atoms with Crippen LogP contribution in [-0.2, 0) is 17.6 Å². The molecule has 0 fully saturated rings. The summed E-state index contributed by atoms with van der Waals surface area (Å²) in [6.45, 7) is 0. The molecule has 0 saturated heterocycles. The Hall–Kier alpha value is -2.95. The number of aromatic amines is 1. The van der Waals surface area contributed by atoms with E-state index in [1.165, 1.54) is 11.1 Å². The lowest BCUT2D eigenvalue weighted by atomic mass is 10.1. The van der Waals surface area contributed by atoms with Crippen LogP contribution in [-0.4, -0.2) is 15.9 Å². The summed E-state index contributed by atoms with van der Waals surface area (Å²) < 4.78 is 0. The van der Waals surface area contributed by atoms with Crippen LogP contribution in [0.1, 0.15) is 42.3 Å². The molecule has 1 heterocycles. The van der Waals surface area contributed by atoms with E-state index in [9.17, 15) is 9.59 Å². The Kier molecular flexibility index (Phi) is 4.52. The molecule has 26 heavy (non-hydrogen) atoms. The molecule has 4 rings (SSSR count). The van der Waals surface area contributed by atoms with Gasteiger partial charge < -0.3 is 10.3 Å². The number of H-pyrrole nitrogens is 1. The molecule has 132 valence electrons. The molecule has 0 unspecified atom stereocenters. The second-order valence-corrected chi connectivity index (χ2v) is 6.74. The lowest BCUT2D eigenvalue weighted by molar-refractivity contribution is -0.121. The van der Waals surface area contributed by atoms with Crippen LogP contribution in [0.4, 0.5) is 0 Å². The number of aryl methyl sites for hydroxylation is 2. The van der Waals surface area contributed by atoms with Crippen LogP contribution in [0, 0.1) is 0 Å². The molecule has 1 aromatic heterocycles. The fourth-order valence-electron chi connectivity index (χ4n) is 3.64. The fourth-order valence-corrected chi connectivity index (χ4v) is 3.64. The normalized spacial score (nSPS) is 15.8. The van der Waals surface area contributed by atoms with E-state index in [-0.39, 0.29) is 17.5 Å². The van der Waals surface area contributed by atoms with Crippen LogP contribution >= 0.6 is 0 Å². The summed E-state index contributed by atoms with van der Waals surface area (Å²) in [5.41, 5.74) is 3.13. The van der Waals surface area contributed by atoms with Crippen molar-refractivity contribution in [1.29, 1.82) is 0 Å². The van der Waals surface area contributed by atoms with Crippen molar-refractivity contribution in [2.24, 2.45) is 0 Å². The lowest BCUT2D eigenvalue weighted by Crippen LogP contribution is -2.27. The first-order valence-electron chi connectivity index (χ1n) is 9.06. The number of hydrogen-bond acceptors (Lipinski definition) is 3. The van der Waals surface area contributed by atoms with Crippen molar-refractivity contribution in [3.05, 3.63) is 75.8 Å². The molecule has 0 radical (unpaired) electrons. The Morgan fingerprint density at radius 1 is 1.15 bits per heavy atom. The van der Waals surface area contributed by atoms with Gasteiger partial charge in [-0.2, -0.15) is 0 Å². The van der Waals surface area contributed by atoms with Crippen LogP contribution in [0.15, 0.2) is 53.3 Å². The lowest BCUT2D eigenvalue weighted by Gasteiger charge is -2.14. The number of carbonyl (C=O) groups excluding carboxylic acids is 1. The van der Waals surface area contributed by atoms with Crippen molar-refractivity contribution in [3.8, 4) is 0 Å². The van der Waals surface area contributed by atoms with Crippen LogP contribution < -0.4 is 10.9 Å². The van der Waals surface area contributed by atoms with E-state index in [4.69, 9.17) is 0 Å². The van der Waals surface area contributed by atoms with Gasteiger partial charge in [0.15, 0.2) is 0 Å². The zero-order valence-corrected chi connectivity index (χ0v) is 14.5. The Balaban J connectivity index is 1.34. The zero-order valence-electron chi connectivity index (χ0n) is 14.5.